The number of halogens is 4. The molecule has 0 bridgehead atoms. The molecule has 1 atom stereocenters. The van der Waals surface area contributed by atoms with Crippen molar-refractivity contribution in [3.63, 3.8) is 0 Å². The van der Waals surface area contributed by atoms with Crippen LogP contribution >= 0.6 is 11.6 Å². The van der Waals surface area contributed by atoms with Crippen molar-refractivity contribution in [2.45, 2.75) is 59.0 Å². The zero-order valence-corrected chi connectivity index (χ0v) is 23.3. The highest BCUT2D eigenvalue weighted by molar-refractivity contribution is 6.33. The summed E-state index contributed by atoms with van der Waals surface area (Å²) < 4.78 is 44.6. The summed E-state index contributed by atoms with van der Waals surface area (Å²) in [5.74, 6) is -0.891. The molecule has 3 aromatic heterocycles. The molecule has 1 aliphatic rings. The Bertz CT molecular complexity index is 1600. The van der Waals surface area contributed by atoms with E-state index >= 15 is 0 Å². The van der Waals surface area contributed by atoms with Crippen LogP contribution in [0.4, 0.5) is 19.0 Å². The van der Waals surface area contributed by atoms with Crippen molar-refractivity contribution in [1.29, 1.82) is 0 Å². The third-order valence-electron chi connectivity index (χ3n) is 6.93. The highest BCUT2D eigenvalue weighted by Crippen LogP contribution is 2.36. The first-order valence-electron chi connectivity index (χ1n) is 13.0. The van der Waals surface area contributed by atoms with Crippen LogP contribution < -0.4 is 10.6 Å². The van der Waals surface area contributed by atoms with Crippen molar-refractivity contribution in [3.05, 3.63) is 59.0 Å². The molecule has 1 aromatic carbocycles. The highest BCUT2D eigenvalue weighted by atomic mass is 35.5. The van der Waals surface area contributed by atoms with Gasteiger partial charge in [0.2, 0.25) is 11.8 Å². The summed E-state index contributed by atoms with van der Waals surface area (Å²) in [5.41, 5.74) is 6.83. The number of carbonyl (C=O) groups excluding carboxylic acids is 2. The molecule has 41 heavy (non-hydrogen) atoms. The molecule has 0 saturated heterocycles. The Morgan fingerprint density at radius 3 is 2.54 bits per heavy atom. The maximum absolute atomic E-state index is 13.5. The zero-order chi connectivity index (χ0) is 29.6. The van der Waals surface area contributed by atoms with Crippen LogP contribution in [-0.2, 0) is 35.4 Å². The number of hydrogen-bond donors (Lipinski definition) is 1. The standard InChI is InChI=1S/C27H28ClF3N8O2/c1-4-36-14-21(27(29,30)31)34-25(36)17-7-5-16(6-8-17)12-37-23-10-20(24-19(28)11-33-39(24)15(2)3)35-38(23)13-18(26(37)41)9-22(32)40/h5-8,10-11,14-15,18H,4,9,12-13H2,1-3H3,(H2,32,40). The Kier molecular flexibility index (Phi) is 7.41. The van der Waals surface area contributed by atoms with Crippen molar-refractivity contribution in [3.8, 4) is 22.8 Å². The van der Waals surface area contributed by atoms with E-state index in [1.165, 1.54) is 15.7 Å². The van der Waals surface area contributed by atoms with Gasteiger partial charge in [-0.1, -0.05) is 35.9 Å². The summed E-state index contributed by atoms with van der Waals surface area (Å²) >= 11 is 6.45. The fourth-order valence-electron chi connectivity index (χ4n) is 4.99. The fourth-order valence-corrected chi connectivity index (χ4v) is 5.21. The molecule has 2 N–H and O–H groups in total. The van der Waals surface area contributed by atoms with Gasteiger partial charge in [0.1, 0.15) is 23.0 Å². The number of aryl methyl sites for hydroxylation is 1. The van der Waals surface area contributed by atoms with E-state index < -0.39 is 23.7 Å². The van der Waals surface area contributed by atoms with E-state index in [-0.39, 0.29) is 37.3 Å². The van der Waals surface area contributed by atoms with Crippen LogP contribution in [0.5, 0.6) is 0 Å². The Morgan fingerprint density at radius 2 is 1.93 bits per heavy atom. The van der Waals surface area contributed by atoms with Crippen molar-refractivity contribution in [1.82, 2.24) is 29.1 Å². The largest absolute Gasteiger partial charge is 0.434 e. The molecule has 1 unspecified atom stereocenters. The first-order valence-corrected chi connectivity index (χ1v) is 13.4. The Balaban J connectivity index is 1.49. The van der Waals surface area contributed by atoms with E-state index in [1.54, 1.807) is 46.6 Å². The number of benzene rings is 1. The van der Waals surface area contributed by atoms with Gasteiger partial charge in [0.15, 0.2) is 5.69 Å². The lowest BCUT2D eigenvalue weighted by Gasteiger charge is -2.32. The average molecular weight is 589 g/mol. The van der Waals surface area contributed by atoms with E-state index in [2.05, 4.69) is 10.1 Å². The van der Waals surface area contributed by atoms with Crippen LogP contribution in [0.1, 0.15) is 44.5 Å². The lowest BCUT2D eigenvalue weighted by Crippen LogP contribution is -2.44. The van der Waals surface area contributed by atoms with E-state index in [0.717, 1.165) is 6.20 Å². The molecule has 10 nitrogen and oxygen atoms in total. The molecule has 4 aromatic rings. The van der Waals surface area contributed by atoms with Gasteiger partial charge in [-0.2, -0.15) is 23.4 Å². The number of amides is 2. The fraction of sp³-hybridized carbons (Fsp3) is 0.370. The molecule has 0 saturated carbocycles. The average Bonchev–Trinajstić information content (AvgIpc) is 3.62. The summed E-state index contributed by atoms with van der Waals surface area (Å²) in [4.78, 5) is 30.6. The number of imidazole rings is 1. The van der Waals surface area contributed by atoms with Gasteiger partial charge in [-0.05, 0) is 26.3 Å². The van der Waals surface area contributed by atoms with Crippen LogP contribution in [-0.4, -0.2) is 40.9 Å². The smallest absolute Gasteiger partial charge is 0.370 e. The monoisotopic (exact) mass is 588 g/mol. The maximum Gasteiger partial charge on any atom is 0.434 e. The number of primary amides is 1. The third-order valence-corrected chi connectivity index (χ3v) is 7.21. The molecule has 2 amide bonds. The van der Waals surface area contributed by atoms with Gasteiger partial charge >= 0.3 is 6.18 Å². The number of hydrogen-bond acceptors (Lipinski definition) is 5. The van der Waals surface area contributed by atoms with Gasteiger partial charge in [-0.25, -0.2) is 9.67 Å². The third kappa shape index (κ3) is 5.45. The van der Waals surface area contributed by atoms with Gasteiger partial charge in [0, 0.05) is 36.8 Å². The molecule has 0 fully saturated rings. The van der Waals surface area contributed by atoms with Gasteiger partial charge in [-0.15, -0.1) is 0 Å². The molecule has 0 spiro atoms. The minimum atomic E-state index is -4.55. The van der Waals surface area contributed by atoms with Crippen molar-refractivity contribution >= 4 is 29.2 Å². The van der Waals surface area contributed by atoms with Gasteiger partial charge in [0.25, 0.3) is 0 Å². The Labute approximate surface area is 238 Å². The van der Waals surface area contributed by atoms with Crippen molar-refractivity contribution < 1.29 is 22.8 Å². The minimum absolute atomic E-state index is 0.00519. The van der Waals surface area contributed by atoms with Crippen LogP contribution in [0.3, 0.4) is 0 Å². The first-order chi connectivity index (χ1) is 19.4. The molecule has 4 heterocycles. The molecule has 216 valence electrons. The number of nitrogens with zero attached hydrogens (tertiary/aromatic N) is 7. The predicted octanol–water partition coefficient (Wildman–Crippen LogP) is 4.92. The number of rotatable bonds is 8. The summed E-state index contributed by atoms with van der Waals surface area (Å²) in [6, 6.07) is 8.56. The second-order valence-electron chi connectivity index (χ2n) is 10.2. The van der Waals surface area contributed by atoms with Crippen LogP contribution in [0.25, 0.3) is 22.8 Å². The SMILES string of the molecule is CCn1cc(C(F)(F)F)nc1-c1ccc(CN2C(=O)C(CC(N)=O)Cn3nc(-c4c(Cl)cnn4C(C)C)cc32)cc1. The lowest BCUT2D eigenvalue weighted by atomic mass is 10.0. The highest BCUT2D eigenvalue weighted by Gasteiger charge is 2.37. The van der Waals surface area contributed by atoms with Crippen LogP contribution in [0.15, 0.2) is 42.7 Å². The Morgan fingerprint density at radius 1 is 1.22 bits per heavy atom. The van der Waals surface area contributed by atoms with Crippen LogP contribution in [0.2, 0.25) is 5.02 Å². The maximum atomic E-state index is 13.5. The molecule has 1 aliphatic heterocycles. The molecular weight excluding hydrogens is 561 g/mol. The quantitative estimate of drug-likeness (QED) is 0.313. The number of carbonyl (C=O) groups is 2. The van der Waals surface area contributed by atoms with Gasteiger partial charge in [0.05, 0.1) is 30.2 Å². The number of alkyl halides is 3. The predicted molar refractivity (Wildman–Crippen MR) is 146 cm³/mol. The summed E-state index contributed by atoms with van der Waals surface area (Å²) in [6.45, 7) is 6.27. The number of aromatic nitrogens is 6. The van der Waals surface area contributed by atoms with Gasteiger partial charge < -0.3 is 10.3 Å². The summed E-state index contributed by atoms with van der Waals surface area (Å²) in [5, 5.41) is 9.45. The van der Waals surface area contributed by atoms with Crippen LogP contribution in [0, 0.1) is 5.92 Å². The van der Waals surface area contributed by atoms with Crippen molar-refractivity contribution in [2.24, 2.45) is 11.7 Å². The first kappa shape index (κ1) is 28.4. The Hall–Kier alpha value is -4.13. The second-order valence-corrected chi connectivity index (χ2v) is 10.6. The number of nitrogens with two attached hydrogens (primary N) is 1. The van der Waals surface area contributed by atoms with E-state index in [1.807, 2.05) is 13.8 Å². The molecule has 5 rings (SSSR count). The lowest BCUT2D eigenvalue weighted by molar-refractivity contribution is -0.141. The number of fused-ring (bicyclic) bond motifs is 1. The van der Waals surface area contributed by atoms with Crippen molar-refractivity contribution in [2.75, 3.05) is 4.90 Å². The summed E-state index contributed by atoms with van der Waals surface area (Å²) in [7, 11) is 0. The number of anilines is 1. The normalized spacial score (nSPS) is 15.6. The second kappa shape index (κ2) is 10.7. The van der Waals surface area contributed by atoms with E-state index in [4.69, 9.17) is 22.4 Å². The zero-order valence-electron chi connectivity index (χ0n) is 22.6. The molecule has 0 aliphatic carbocycles. The molecule has 0 radical (unpaired) electrons. The van der Waals surface area contributed by atoms with E-state index in [9.17, 15) is 22.8 Å². The summed E-state index contributed by atoms with van der Waals surface area (Å²) in [6.07, 6.45) is -2.17. The van der Waals surface area contributed by atoms with E-state index in [0.29, 0.717) is 39.9 Å². The molecule has 14 heteroatoms. The topological polar surface area (TPSA) is 117 Å². The van der Waals surface area contributed by atoms with Gasteiger partial charge in [-0.3, -0.25) is 19.2 Å². The molecular formula is C27H28ClF3N8O2. The minimum Gasteiger partial charge on any atom is -0.370 e.